The molecule has 1 heterocycles. The molecule has 0 saturated carbocycles. The zero-order valence-electron chi connectivity index (χ0n) is 11.0. The Balaban J connectivity index is 2.28. The lowest BCUT2D eigenvalue weighted by atomic mass is 9.98. The van der Waals surface area contributed by atoms with E-state index < -0.39 is 17.3 Å². The minimum Gasteiger partial charge on any atom is -0.394 e. The molecule has 5 heteroatoms. The summed E-state index contributed by atoms with van der Waals surface area (Å²) < 4.78 is 26.8. The van der Waals surface area contributed by atoms with E-state index in [1.807, 2.05) is 6.92 Å². The summed E-state index contributed by atoms with van der Waals surface area (Å²) in [6.45, 7) is 2.66. The lowest BCUT2D eigenvalue weighted by Crippen LogP contribution is -2.43. The first kappa shape index (κ1) is 13.8. The van der Waals surface area contributed by atoms with Gasteiger partial charge in [0, 0.05) is 18.2 Å². The van der Waals surface area contributed by atoms with Gasteiger partial charge in [-0.2, -0.15) is 0 Å². The number of halogens is 2. The molecule has 1 unspecified atom stereocenters. The maximum Gasteiger partial charge on any atom is 0.254 e. The van der Waals surface area contributed by atoms with Crippen LogP contribution in [0.4, 0.5) is 14.5 Å². The molecule has 0 spiro atoms. The number of hydrogen-bond donors (Lipinski definition) is 1. The van der Waals surface area contributed by atoms with Crippen molar-refractivity contribution in [2.24, 2.45) is 0 Å². The van der Waals surface area contributed by atoms with E-state index in [9.17, 15) is 13.6 Å². The molecule has 1 aromatic carbocycles. The minimum atomic E-state index is -0.881. The van der Waals surface area contributed by atoms with Crippen LogP contribution in [0.15, 0.2) is 12.1 Å². The summed E-state index contributed by atoms with van der Waals surface area (Å²) in [6, 6.07) is 2.19. The zero-order chi connectivity index (χ0) is 14.0. The fourth-order valence-electron chi connectivity index (χ4n) is 2.57. The Kier molecular flexibility index (Phi) is 4.02. The summed E-state index contributed by atoms with van der Waals surface area (Å²) >= 11 is 0. The molecule has 1 aliphatic rings. The molecule has 2 N–H and O–H groups in total. The monoisotopic (exact) mass is 268 g/mol. The summed E-state index contributed by atoms with van der Waals surface area (Å²) in [6.07, 6.45) is 3.82. The van der Waals surface area contributed by atoms with Crippen molar-refractivity contribution in [3.05, 3.63) is 29.3 Å². The van der Waals surface area contributed by atoms with Crippen LogP contribution in [0.25, 0.3) is 0 Å². The van der Waals surface area contributed by atoms with Gasteiger partial charge < -0.3 is 10.6 Å². The quantitative estimate of drug-likeness (QED) is 0.838. The number of nitrogens with zero attached hydrogens (tertiary/aromatic N) is 1. The third kappa shape index (κ3) is 2.69. The second-order valence-electron chi connectivity index (χ2n) is 4.91. The molecular formula is C14H18F2N2O. The number of anilines is 1. The van der Waals surface area contributed by atoms with Gasteiger partial charge in [0.05, 0.1) is 0 Å². The molecule has 1 amide bonds. The highest BCUT2D eigenvalue weighted by Gasteiger charge is 2.27. The van der Waals surface area contributed by atoms with Gasteiger partial charge in [-0.3, -0.25) is 4.79 Å². The van der Waals surface area contributed by atoms with Gasteiger partial charge in [-0.15, -0.1) is 0 Å². The molecule has 0 aromatic heterocycles. The first-order chi connectivity index (χ1) is 9.04. The van der Waals surface area contributed by atoms with Crippen LogP contribution >= 0.6 is 0 Å². The first-order valence-electron chi connectivity index (χ1n) is 6.60. The largest absolute Gasteiger partial charge is 0.394 e. The average Bonchev–Trinajstić information content (AvgIpc) is 2.43. The fraction of sp³-hybridized carbons (Fsp3) is 0.500. The number of hydrogen-bond acceptors (Lipinski definition) is 2. The summed E-state index contributed by atoms with van der Waals surface area (Å²) in [4.78, 5) is 14.1. The van der Waals surface area contributed by atoms with Gasteiger partial charge in [-0.25, -0.2) is 8.78 Å². The van der Waals surface area contributed by atoms with Crippen molar-refractivity contribution in [2.75, 3.05) is 12.3 Å². The van der Waals surface area contributed by atoms with Crippen LogP contribution in [0.2, 0.25) is 0 Å². The number of carbonyl (C=O) groups excluding carboxylic acids is 1. The predicted octanol–water partition coefficient (Wildman–Crippen LogP) is 2.95. The predicted molar refractivity (Wildman–Crippen MR) is 69.7 cm³/mol. The molecular weight excluding hydrogens is 250 g/mol. The van der Waals surface area contributed by atoms with E-state index in [4.69, 9.17) is 5.73 Å². The third-order valence-corrected chi connectivity index (χ3v) is 3.69. The van der Waals surface area contributed by atoms with Crippen molar-refractivity contribution in [3.63, 3.8) is 0 Å². The van der Waals surface area contributed by atoms with Crippen LogP contribution in [0, 0.1) is 11.6 Å². The van der Waals surface area contributed by atoms with Gasteiger partial charge >= 0.3 is 0 Å². The topological polar surface area (TPSA) is 46.3 Å². The van der Waals surface area contributed by atoms with E-state index in [2.05, 4.69) is 0 Å². The van der Waals surface area contributed by atoms with Crippen LogP contribution < -0.4 is 5.73 Å². The Morgan fingerprint density at radius 2 is 2.00 bits per heavy atom. The molecule has 3 nitrogen and oxygen atoms in total. The average molecular weight is 268 g/mol. The molecule has 19 heavy (non-hydrogen) atoms. The Morgan fingerprint density at radius 3 is 2.58 bits per heavy atom. The Bertz CT molecular complexity index is 467. The molecule has 1 saturated heterocycles. The van der Waals surface area contributed by atoms with Gasteiger partial charge in [-0.1, -0.05) is 6.92 Å². The van der Waals surface area contributed by atoms with E-state index in [0.717, 1.165) is 37.8 Å². The smallest absolute Gasteiger partial charge is 0.254 e. The number of carbonyl (C=O) groups is 1. The highest BCUT2D eigenvalue weighted by molar-refractivity contribution is 5.95. The molecule has 104 valence electrons. The van der Waals surface area contributed by atoms with Gasteiger partial charge in [0.2, 0.25) is 0 Å². The molecule has 1 aromatic rings. The van der Waals surface area contributed by atoms with Crippen LogP contribution in [0.1, 0.15) is 43.0 Å². The van der Waals surface area contributed by atoms with Gasteiger partial charge in [0.15, 0.2) is 0 Å². The number of nitrogens with two attached hydrogens (primary N) is 1. The number of nitrogen functional groups attached to an aromatic ring is 1. The zero-order valence-corrected chi connectivity index (χ0v) is 11.0. The summed E-state index contributed by atoms with van der Waals surface area (Å²) in [5, 5.41) is 0. The Morgan fingerprint density at radius 1 is 1.37 bits per heavy atom. The second-order valence-corrected chi connectivity index (χ2v) is 4.91. The Hall–Kier alpha value is -1.65. The molecule has 1 atom stereocenters. The van der Waals surface area contributed by atoms with Crippen molar-refractivity contribution in [2.45, 2.75) is 38.6 Å². The van der Waals surface area contributed by atoms with E-state index in [1.54, 1.807) is 4.90 Å². The van der Waals surface area contributed by atoms with E-state index in [1.165, 1.54) is 0 Å². The van der Waals surface area contributed by atoms with E-state index in [0.29, 0.717) is 6.54 Å². The number of piperidine rings is 1. The summed E-state index contributed by atoms with van der Waals surface area (Å²) in [7, 11) is 0. The number of rotatable bonds is 2. The molecule has 1 fully saturated rings. The fourth-order valence-corrected chi connectivity index (χ4v) is 2.57. The van der Waals surface area contributed by atoms with Crippen molar-refractivity contribution in [1.82, 2.24) is 4.90 Å². The maximum atomic E-state index is 13.4. The van der Waals surface area contributed by atoms with Gasteiger partial charge in [-0.05, 0) is 37.8 Å². The lowest BCUT2D eigenvalue weighted by Gasteiger charge is -2.35. The maximum absolute atomic E-state index is 13.4. The number of likely N-dealkylation sites (tertiary alicyclic amines) is 1. The van der Waals surface area contributed by atoms with Crippen LogP contribution in [0.3, 0.4) is 0 Å². The second kappa shape index (κ2) is 5.55. The van der Waals surface area contributed by atoms with Crippen molar-refractivity contribution < 1.29 is 13.6 Å². The van der Waals surface area contributed by atoms with Crippen LogP contribution in [0.5, 0.6) is 0 Å². The van der Waals surface area contributed by atoms with Gasteiger partial charge in [0.1, 0.15) is 17.3 Å². The summed E-state index contributed by atoms with van der Waals surface area (Å²) in [5.41, 5.74) is 4.70. The van der Waals surface area contributed by atoms with Crippen LogP contribution in [-0.4, -0.2) is 23.4 Å². The standard InChI is InChI=1S/C14H18F2N2O/c1-2-10-5-3-4-6-18(10)14(19)9-7-11(15)13(17)12(16)8-9/h7-8,10H,2-6,17H2,1H3. The van der Waals surface area contributed by atoms with Gasteiger partial charge in [0.25, 0.3) is 5.91 Å². The summed E-state index contributed by atoms with van der Waals surface area (Å²) in [5.74, 6) is -2.08. The van der Waals surface area contributed by atoms with Crippen molar-refractivity contribution >= 4 is 11.6 Å². The van der Waals surface area contributed by atoms with E-state index in [-0.39, 0.29) is 17.5 Å². The molecule has 2 rings (SSSR count). The van der Waals surface area contributed by atoms with Crippen molar-refractivity contribution in [1.29, 1.82) is 0 Å². The lowest BCUT2D eigenvalue weighted by molar-refractivity contribution is 0.0607. The highest BCUT2D eigenvalue weighted by atomic mass is 19.1. The molecule has 1 aliphatic heterocycles. The molecule has 0 bridgehead atoms. The van der Waals surface area contributed by atoms with E-state index >= 15 is 0 Å². The normalized spacial score (nSPS) is 19.5. The minimum absolute atomic E-state index is 0.0320. The number of benzene rings is 1. The number of amides is 1. The SMILES string of the molecule is CCC1CCCCN1C(=O)c1cc(F)c(N)c(F)c1. The highest BCUT2D eigenvalue weighted by Crippen LogP contribution is 2.24. The first-order valence-corrected chi connectivity index (χ1v) is 6.60. The van der Waals surface area contributed by atoms with Crippen LogP contribution in [-0.2, 0) is 0 Å². The third-order valence-electron chi connectivity index (χ3n) is 3.69. The molecule has 0 radical (unpaired) electrons. The van der Waals surface area contributed by atoms with Crippen molar-refractivity contribution in [3.8, 4) is 0 Å². The molecule has 0 aliphatic carbocycles. The Labute approximate surface area is 111 Å².